The number of fused-ring (bicyclic) bond motifs is 3. The largest absolute Gasteiger partial charge is 0.495 e. The highest BCUT2D eigenvalue weighted by atomic mass is 16.5. The quantitative estimate of drug-likeness (QED) is 0.732. The van der Waals surface area contributed by atoms with Crippen LogP contribution < -0.4 is 10.1 Å². The first kappa shape index (κ1) is 16.6. The van der Waals surface area contributed by atoms with E-state index in [0.717, 1.165) is 41.6 Å². The van der Waals surface area contributed by atoms with Gasteiger partial charge >= 0.3 is 0 Å². The number of aromatic nitrogens is 2. The molecule has 0 saturated heterocycles. The van der Waals surface area contributed by atoms with E-state index in [-0.39, 0.29) is 5.91 Å². The first-order chi connectivity index (χ1) is 12.8. The highest BCUT2D eigenvalue weighted by Crippen LogP contribution is 2.35. The van der Waals surface area contributed by atoms with Crippen molar-refractivity contribution in [1.29, 1.82) is 0 Å². The number of nitrogens with one attached hydrogen (secondary N) is 2. The number of aromatic amines is 1. The van der Waals surface area contributed by atoms with E-state index in [9.17, 15) is 4.79 Å². The summed E-state index contributed by atoms with van der Waals surface area (Å²) in [7, 11) is 1.67. The zero-order chi connectivity index (χ0) is 17.9. The van der Waals surface area contributed by atoms with Gasteiger partial charge in [0.1, 0.15) is 5.75 Å². The molecular weight excluding hydrogens is 326 g/mol. The molecule has 2 heterocycles. The molecule has 3 aromatic rings. The second-order valence-electron chi connectivity index (χ2n) is 6.75. The van der Waals surface area contributed by atoms with Crippen molar-refractivity contribution in [2.24, 2.45) is 0 Å². The number of carbonyl (C=O) groups excluding carboxylic acids is 1. The van der Waals surface area contributed by atoms with Crippen molar-refractivity contribution in [3.05, 3.63) is 53.5 Å². The molecule has 0 unspecified atom stereocenters. The third kappa shape index (κ3) is 3.05. The summed E-state index contributed by atoms with van der Waals surface area (Å²) in [6.45, 7) is 0. The Labute approximate surface area is 152 Å². The van der Waals surface area contributed by atoms with Gasteiger partial charge in [0, 0.05) is 34.7 Å². The predicted octanol–water partition coefficient (Wildman–Crippen LogP) is 4.48. The number of aryl methyl sites for hydroxylation is 2. The molecule has 0 spiro atoms. The minimum Gasteiger partial charge on any atom is -0.495 e. The summed E-state index contributed by atoms with van der Waals surface area (Å²) >= 11 is 0. The second-order valence-corrected chi connectivity index (χ2v) is 6.75. The van der Waals surface area contributed by atoms with Crippen LogP contribution in [-0.4, -0.2) is 23.0 Å². The van der Waals surface area contributed by atoms with Crippen LogP contribution in [0.4, 0.5) is 5.69 Å². The number of methoxy groups -OCH3 is 1. The number of amides is 1. The Morgan fingerprint density at radius 2 is 1.85 bits per heavy atom. The van der Waals surface area contributed by atoms with Crippen LogP contribution >= 0.6 is 0 Å². The molecule has 5 nitrogen and oxygen atoms in total. The fourth-order valence-corrected chi connectivity index (χ4v) is 3.84. The smallest absolute Gasteiger partial charge is 0.256 e. The van der Waals surface area contributed by atoms with E-state index in [2.05, 4.69) is 15.3 Å². The number of hydrogen-bond donors (Lipinski definition) is 2. The monoisotopic (exact) mass is 349 g/mol. The zero-order valence-electron chi connectivity index (χ0n) is 15.0. The van der Waals surface area contributed by atoms with Gasteiger partial charge in [0.15, 0.2) is 0 Å². The van der Waals surface area contributed by atoms with Gasteiger partial charge in [-0.2, -0.15) is 0 Å². The van der Waals surface area contributed by atoms with Gasteiger partial charge in [-0.15, -0.1) is 0 Å². The van der Waals surface area contributed by atoms with E-state index in [0.29, 0.717) is 5.56 Å². The van der Waals surface area contributed by atoms with Crippen molar-refractivity contribution >= 4 is 22.5 Å². The molecule has 1 aromatic carbocycles. The first-order valence-corrected chi connectivity index (χ1v) is 9.19. The fraction of sp³-hybridized carbons (Fsp3) is 0.333. The van der Waals surface area contributed by atoms with Crippen LogP contribution in [0.1, 0.15) is 47.3 Å². The van der Waals surface area contributed by atoms with Crippen LogP contribution in [0, 0.1) is 0 Å². The SMILES string of the molecule is COc1ccc(C(=O)Nc2ccncc2)c2c3c([nH]c12)CCCCCC3. The Morgan fingerprint density at radius 1 is 1.08 bits per heavy atom. The molecular formula is C21H23N3O2. The number of pyridine rings is 1. The maximum Gasteiger partial charge on any atom is 0.256 e. The topological polar surface area (TPSA) is 67.0 Å². The lowest BCUT2D eigenvalue weighted by Gasteiger charge is -2.12. The zero-order valence-corrected chi connectivity index (χ0v) is 15.0. The van der Waals surface area contributed by atoms with Crippen molar-refractivity contribution < 1.29 is 9.53 Å². The third-order valence-electron chi connectivity index (χ3n) is 5.12. The second kappa shape index (κ2) is 7.20. The molecule has 0 fully saturated rings. The van der Waals surface area contributed by atoms with Gasteiger partial charge in [-0.25, -0.2) is 0 Å². The number of nitrogens with zero attached hydrogens (tertiary/aromatic N) is 1. The molecule has 0 bridgehead atoms. The minimum absolute atomic E-state index is 0.104. The van der Waals surface area contributed by atoms with Gasteiger partial charge in [0.05, 0.1) is 12.6 Å². The molecule has 1 aliphatic rings. The van der Waals surface area contributed by atoms with Crippen LogP contribution in [0.5, 0.6) is 5.75 Å². The summed E-state index contributed by atoms with van der Waals surface area (Å²) in [4.78, 5) is 20.5. The average molecular weight is 349 g/mol. The molecule has 0 atom stereocenters. The Kier molecular flexibility index (Phi) is 4.61. The van der Waals surface area contributed by atoms with Crippen molar-refractivity contribution in [3.63, 3.8) is 0 Å². The summed E-state index contributed by atoms with van der Waals surface area (Å²) in [5, 5.41) is 3.99. The molecule has 0 aliphatic heterocycles. The molecule has 0 saturated carbocycles. The molecule has 134 valence electrons. The lowest BCUT2D eigenvalue weighted by molar-refractivity contribution is 0.102. The maximum atomic E-state index is 13.0. The summed E-state index contributed by atoms with van der Waals surface area (Å²) in [6.07, 6.45) is 10.2. The third-order valence-corrected chi connectivity index (χ3v) is 5.12. The van der Waals surface area contributed by atoms with E-state index in [1.807, 2.05) is 12.1 Å². The number of H-pyrrole nitrogens is 1. The Morgan fingerprint density at radius 3 is 2.62 bits per heavy atom. The van der Waals surface area contributed by atoms with E-state index in [4.69, 9.17) is 4.74 Å². The van der Waals surface area contributed by atoms with E-state index in [1.54, 1.807) is 31.6 Å². The molecule has 1 aliphatic carbocycles. The van der Waals surface area contributed by atoms with Crippen molar-refractivity contribution in [1.82, 2.24) is 9.97 Å². The lowest BCUT2D eigenvalue weighted by Crippen LogP contribution is -2.13. The molecule has 0 radical (unpaired) electrons. The first-order valence-electron chi connectivity index (χ1n) is 9.19. The predicted molar refractivity (Wildman–Crippen MR) is 103 cm³/mol. The average Bonchev–Trinajstić information content (AvgIpc) is 2.99. The van der Waals surface area contributed by atoms with E-state index in [1.165, 1.54) is 30.5 Å². The Balaban J connectivity index is 1.82. The van der Waals surface area contributed by atoms with Crippen molar-refractivity contribution in [3.8, 4) is 5.75 Å². The number of rotatable bonds is 3. The van der Waals surface area contributed by atoms with Crippen molar-refractivity contribution in [2.75, 3.05) is 12.4 Å². The Bertz CT molecular complexity index is 931. The number of ether oxygens (including phenoxy) is 1. The maximum absolute atomic E-state index is 13.0. The van der Waals surface area contributed by atoms with Crippen molar-refractivity contribution in [2.45, 2.75) is 38.5 Å². The lowest BCUT2D eigenvalue weighted by atomic mass is 9.94. The van der Waals surface area contributed by atoms with Gasteiger partial charge in [0.25, 0.3) is 5.91 Å². The van der Waals surface area contributed by atoms with Gasteiger partial charge < -0.3 is 15.0 Å². The number of carbonyl (C=O) groups is 1. The fourth-order valence-electron chi connectivity index (χ4n) is 3.84. The van der Waals surface area contributed by atoms with E-state index >= 15 is 0 Å². The molecule has 1 amide bonds. The number of hydrogen-bond acceptors (Lipinski definition) is 3. The molecule has 2 aromatic heterocycles. The van der Waals surface area contributed by atoms with E-state index < -0.39 is 0 Å². The molecule has 2 N–H and O–H groups in total. The minimum atomic E-state index is -0.104. The highest BCUT2D eigenvalue weighted by Gasteiger charge is 2.22. The number of benzene rings is 1. The van der Waals surface area contributed by atoms with Gasteiger partial charge in [-0.3, -0.25) is 9.78 Å². The van der Waals surface area contributed by atoms with Crippen LogP contribution in [0.25, 0.3) is 10.9 Å². The summed E-state index contributed by atoms with van der Waals surface area (Å²) in [6, 6.07) is 7.32. The standard InChI is InChI=1S/C21H23N3O2/c1-26-18-9-8-16(21(25)23-14-10-12-22-13-11-14)19-15-6-4-2-3-5-7-17(15)24-20(18)19/h8-13,24H,2-7H2,1H3,(H,22,23,25). The summed E-state index contributed by atoms with van der Waals surface area (Å²) in [5.41, 5.74) is 4.89. The van der Waals surface area contributed by atoms with Gasteiger partial charge in [-0.05, 0) is 55.5 Å². The van der Waals surface area contributed by atoms with Crippen LogP contribution in [0.3, 0.4) is 0 Å². The Hall–Kier alpha value is -2.82. The summed E-state index contributed by atoms with van der Waals surface area (Å²) < 4.78 is 5.55. The summed E-state index contributed by atoms with van der Waals surface area (Å²) in [5.74, 6) is 0.680. The van der Waals surface area contributed by atoms with Crippen LogP contribution in [0.15, 0.2) is 36.7 Å². The van der Waals surface area contributed by atoms with Gasteiger partial charge in [-0.1, -0.05) is 12.8 Å². The molecule has 26 heavy (non-hydrogen) atoms. The molecule has 5 heteroatoms. The van der Waals surface area contributed by atoms with Crippen LogP contribution in [-0.2, 0) is 12.8 Å². The van der Waals surface area contributed by atoms with Gasteiger partial charge in [0.2, 0.25) is 0 Å². The van der Waals surface area contributed by atoms with Crippen LogP contribution in [0.2, 0.25) is 0 Å². The molecule has 4 rings (SSSR count). The normalized spacial score (nSPS) is 14.3. The number of anilines is 1. The highest BCUT2D eigenvalue weighted by molar-refractivity contribution is 6.14.